The number of ether oxygens (including phenoxy) is 1. The molecule has 0 aromatic carbocycles. The first-order chi connectivity index (χ1) is 11.1. The first kappa shape index (κ1) is 15.8. The van der Waals surface area contributed by atoms with Crippen molar-refractivity contribution in [2.75, 3.05) is 32.1 Å². The fourth-order valence-electron chi connectivity index (χ4n) is 3.09. The van der Waals surface area contributed by atoms with Crippen LogP contribution in [0.1, 0.15) is 25.7 Å². The molecule has 1 aromatic rings. The van der Waals surface area contributed by atoms with Gasteiger partial charge in [0.25, 0.3) is 0 Å². The van der Waals surface area contributed by atoms with Crippen molar-refractivity contribution >= 4 is 11.7 Å². The topological polar surface area (TPSA) is 58.6 Å². The molecule has 1 aliphatic carbocycles. The number of anilines is 1. The third kappa shape index (κ3) is 3.81. The maximum Gasteiger partial charge on any atom is 0.233 e. The van der Waals surface area contributed by atoms with E-state index in [-0.39, 0.29) is 17.9 Å². The Hall–Kier alpha value is -2.11. The smallest absolute Gasteiger partial charge is 0.233 e. The highest BCUT2D eigenvalue weighted by Crippen LogP contribution is 2.24. The molecule has 0 N–H and O–H groups in total. The van der Waals surface area contributed by atoms with Crippen molar-refractivity contribution in [3.8, 4) is 5.88 Å². The Bertz CT molecular complexity index is 570. The van der Waals surface area contributed by atoms with Gasteiger partial charge in [0.2, 0.25) is 11.8 Å². The second-order valence-corrected chi connectivity index (χ2v) is 6.42. The van der Waals surface area contributed by atoms with E-state index in [1.165, 1.54) is 0 Å². The van der Waals surface area contributed by atoms with Crippen LogP contribution in [0.4, 0.5) is 5.82 Å². The molecule has 0 radical (unpaired) electrons. The van der Waals surface area contributed by atoms with E-state index in [2.05, 4.69) is 22.3 Å². The van der Waals surface area contributed by atoms with Gasteiger partial charge in [0.05, 0.1) is 6.54 Å². The van der Waals surface area contributed by atoms with Gasteiger partial charge in [-0.2, -0.15) is 0 Å². The number of hydrogen-bond acceptors (Lipinski definition) is 5. The summed E-state index contributed by atoms with van der Waals surface area (Å²) in [6.07, 6.45) is 8.00. The highest BCUT2D eigenvalue weighted by Gasteiger charge is 2.31. The average Bonchev–Trinajstić information content (AvgIpc) is 3.04. The largest absolute Gasteiger partial charge is 0.471 e. The lowest BCUT2D eigenvalue weighted by molar-refractivity contribution is -0.135. The summed E-state index contributed by atoms with van der Waals surface area (Å²) < 4.78 is 5.88. The third-order valence-electron chi connectivity index (χ3n) is 4.45. The number of carbonyl (C=O) groups excluding carboxylic acids is 1. The Morgan fingerprint density at radius 3 is 2.78 bits per heavy atom. The molecule has 1 aromatic heterocycles. The highest BCUT2D eigenvalue weighted by molar-refractivity contribution is 5.79. The predicted octanol–water partition coefficient (Wildman–Crippen LogP) is 1.88. The van der Waals surface area contributed by atoms with Gasteiger partial charge in [-0.05, 0) is 25.3 Å². The number of nitrogens with zero attached hydrogens (tertiary/aromatic N) is 4. The molecule has 124 valence electrons. The van der Waals surface area contributed by atoms with E-state index >= 15 is 0 Å². The van der Waals surface area contributed by atoms with Crippen LogP contribution in [0.15, 0.2) is 24.3 Å². The van der Waals surface area contributed by atoms with E-state index in [0.717, 1.165) is 38.0 Å². The lowest BCUT2D eigenvalue weighted by Crippen LogP contribution is -2.36. The van der Waals surface area contributed by atoms with Crippen LogP contribution in [-0.4, -0.2) is 54.3 Å². The van der Waals surface area contributed by atoms with Crippen molar-refractivity contribution in [1.29, 1.82) is 0 Å². The zero-order valence-electron chi connectivity index (χ0n) is 13.8. The summed E-state index contributed by atoms with van der Waals surface area (Å²) in [5.41, 5.74) is 0. The van der Waals surface area contributed by atoms with E-state index < -0.39 is 0 Å². The quantitative estimate of drug-likeness (QED) is 0.794. The molecule has 0 spiro atoms. The Balaban J connectivity index is 1.53. The summed E-state index contributed by atoms with van der Waals surface area (Å²) in [5.74, 6) is 1.74. The molecule has 2 atom stereocenters. The Kier molecular flexibility index (Phi) is 4.79. The fraction of sp³-hybridized carbons (Fsp3) is 0.588. The van der Waals surface area contributed by atoms with Crippen molar-refractivity contribution in [2.45, 2.75) is 31.8 Å². The summed E-state index contributed by atoms with van der Waals surface area (Å²) in [4.78, 5) is 16.4. The van der Waals surface area contributed by atoms with Crippen LogP contribution in [0.3, 0.4) is 0 Å². The van der Waals surface area contributed by atoms with Gasteiger partial charge in [-0.3, -0.25) is 4.79 Å². The third-order valence-corrected chi connectivity index (χ3v) is 4.45. The number of amides is 1. The van der Waals surface area contributed by atoms with E-state index in [1.807, 2.05) is 36.0 Å². The standard InChI is InChI=1S/C17H24N4O2/c1-20(2)15-8-9-16(19-18-15)23-14-10-11-21(12-14)17(22)13-6-4-3-5-7-13/h3-4,8-9,13-14H,5-7,10-12H2,1-2H3/t13-,14+/m1/s1. The van der Waals surface area contributed by atoms with Gasteiger partial charge >= 0.3 is 0 Å². The molecule has 3 rings (SSSR count). The van der Waals surface area contributed by atoms with Crippen molar-refractivity contribution in [3.63, 3.8) is 0 Å². The Morgan fingerprint density at radius 2 is 2.13 bits per heavy atom. The molecule has 23 heavy (non-hydrogen) atoms. The Labute approximate surface area is 137 Å². The summed E-state index contributed by atoms with van der Waals surface area (Å²) in [6.45, 7) is 1.42. The van der Waals surface area contributed by atoms with E-state index in [0.29, 0.717) is 12.4 Å². The van der Waals surface area contributed by atoms with Gasteiger partial charge in [0.15, 0.2) is 5.82 Å². The summed E-state index contributed by atoms with van der Waals surface area (Å²) in [5, 5.41) is 8.21. The average molecular weight is 316 g/mol. The minimum atomic E-state index is 0.0117. The van der Waals surface area contributed by atoms with Gasteiger partial charge < -0.3 is 14.5 Å². The molecule has 6 nitrogen and oxygen atoms in total. The van der Waals surface area contributed by atoms with Gasteiger partial charge in [0.1, 0.15) is 6.10 Å². The molecule has 1 amide bonds. The molecule has 6 heteroatoms. The molecule has 2 aliphatic rings. The molecule has 0 bridgehead atoms. The molecule has 1 saturated heterocycles. The SMILES string of the molecule is CN(C)c1ccc(O[C@H]2CCN(C(=O)[C@@H]3CC=CCC3)C2)nn1. The lowest BCUT2D eigenvalue weighted by Gasteiger charge is -2.24. The molecule has 1 fully saturated rings. The molecule has 0 unspecified atom stereocenters. The number of aromatic nitrogens is 2. The zero-order valence-corrected chi connectivity index (χ0v) is 13.8. The molecular formula is C17H24N4O2. The van der Waals surface area contributed by atoms with Crippen molar-refractivity contribution in [2.24, 2.45) is 5.92 Å². The molecule has 0 saturated carbocycles. The van der Waals surface area contributed by atoms with E-state index in [4.69, 9.17) is 4.74 Å². The minimum absolute atomic E-state index is 0.0117. The van der Waals surface area contributed by atoms with Gasteiger partial charge in [0, 0.05) is 39.0 Å². The van der Waals surface area contributed by atoms with Gasteiger partial charge in [-0.1, -0.05) is 12.2 Å². The first-order valence-corrected chi connectivity index (χ1v) is 8.25. The number of likely N-dealkylation sites (tertiary alicyclic amines) is 1. The van der Waals surface area contributed by atoms with Crippen LogP contribution in [-0.2, 0) is 4.79 Å². The van der Waals surface area contributed by atoms with Crippen molar-refractivity contribution in [3.05, 3.63) is 24.3 Å². The molecule has 1 aliphatic heterocycles. The highest BCUT2D eigenvalue weighted by atomic mass is 16.5. The normalized spacial score (nSPS) is 23.8. The zero-order chi connectivity index (χ0) is 16.2. The summed E-state index contributed by atoms with van der Waals surface area (Å²) in [7, 11) is 3.84. The van der Waals surface area contributed by atoms with Crippen molar-refractivity contribution in [1.82, 2.24) is 15.1 Å². The second kappa shape index (κ2) is 6.98. The monoisotopic (exact) mass is 316 g/mol. The van der Waals surface area contributed by atoms with Crippen LogP contribution < -0.4 is 9.64 Å². The van der Waals surface area contributed by atoms with Crippen molar-refractivity contribution < 1.29 is 9.53 Å². The van der Waals surface area contributed by atoms with Crippen LogP contribution in [0.2, 0.25) is 0 Å². The molecule has 2 heterocycles. The van der Waals surface area contributed by atoms with Gasteiger partial charge in [-0.15, -0.1) is 10.2 Å². The maximum atomic E-state index is 12.5. The Morgan fingerprint density at radius 1 is 1.26 bits per heavy atom. The minimum Gasteiger partial charge on any atom is -0.471 e. The lowest BCUT2D eigenvalue weighted by atomic mass is 9.93. The number of hydrogen-bond donors (Lipinski definition) is 0. The van der Waals surface area contributed by atoms with Crippen LogP contribution in [0.5, 0.6) is 5.88 Å². The number of allylic oxidation sites excluding steroid dienone is 2. The number of carbonyl (C=O) groups is 1. The van der Waals surface area contributed by atoms with Crippen LogP contribution >= 0.6 is 0 Å². The number of rotatable bonds is 4. The van der Waals surface area contributed by atoms with Crippen LogP contribution in [0.25, 0.3) is 0 Å². The van der Waals surface area contributed by atoms with Gasteiger partial charge in [-0.25, -0.2) is 0 Å². The predicted molar refractivity (Wildman–Crippen MR) is 88.5 cm³/mol. The summed E-state index contributed by atoms with van der Waals surface area (Å²) in [6, 6.07) is 3.72. The van der Waals surface area contributed by atoms with E-state index in [9.17, 15) is 4.79 Å². The fourth-order valence-corrected chi connectivity index (χ4v) is 3.09. The van der Waals surface area contributed by atoms with Crippen LogP contribution in [0, 0.1) is 5.92 Å². The summed E-state index contributed by atoms with van der Waals surface area (Å²) >= 11 is 0. The second-order valence-electron chi connectivity index (χ2n) is 6.42. The molecular weight excluding hydrogens is 292 g/mol. The first-order valence-electron chi connectivity index (χ1n) is 8.25. The van der Waals surface area contributed by atoms with E-state index in [1.54, 1.807) is 0 Å². The maximum absolute atomic E-state index is 12.5.